The molecule has 70 valence electrons. The summed E-state index contributed by atoms with van der Waals surface area (Å²) >= 11 is 5.92. The van der Waals surface area contributed by atoms with Crippen LogP contribution < -0.4 is 5.43 Å². The van der Waals surface area contributed by atoms with E-state index in [2.05, 4.69) is 27.3 Å². The highest BCUT2D eigenvalue weighted by Crippen LogP contribution is 2.27. The molecule has 1 aliphatic heterocycles. The van der Waals surface area contributed by atoms with E-state index in [0.29, 0.717) is 5.15 Å². The average Bonchev–Trinajstić information content (AvgIpc) is 2.49. The van der Waals surface area contributed by atoms with Gasteiger partial charge in [0.2, 0.25) is 0 Å². The van der Waals surface area contributed by atoms with Gasteiger partial charge in [0.1, 0.15) is 17.3 Å². The lowest BCUT2D eigenvalue weighted by atomic mass is 10.3. The molecule has 4 nitrogen and oxygen atoms in total. The Morgan fingerprint density at radius 2 is 2.46 bits per heavy atom. The summed E-state index contributed by atoms with van der Waals surface area (Å²) in [5.41, 5.74) is 4.17. The molecule has 0 aromatic carbocycles. The van der Waals surface area contributed by atoms with Gasteiger partial charge in [-0.1, -0.05) is 18.5 Å². The van der Waals surface area contributed by atoms with Gasteiger partial charge >= 0.3 is 0 Å². The molecule has 1 aliphatic rings. The fourth-order valence-corrected chi connectivity index (χ4v) is 1.61. The van der Waals surface area contributed by atoms with Crippen molar-refractivity contribution in [3.63, 3.8) is 0 Å². The van der Waals surface area contributed by atoms with Gasteiger partial charge < -0.3 is 5.43 Å². The Morgan fingerprint density at radius 1 is 1.62 bits per heavy atom. The van der Waals surface area contributed by atoms with Gasteiger partial charge in [-0.25, -0.2) is 15.0 Å². The maximum atomic E-state index is 5.92. The lowest BCUT2D eigenvalue weighted by molar-refractivity contribution is 0.343. The zero-order chi connectivity index (χ0) is 9.26. The van der Waals surface area contributed by atoms with Crippen LogP contribution in [0.4, 0.5) is 5.82 Å². The molecule has 0 aliphatic carbocycles. The minimum atomic E-state index is 0.552. The Balaban J connectivity index is 2.20. The van der Waals surface area contributed by atoms with E-state index < -0.39 is 0 Å². The summed E-state index contributed by atoms with van der Waals surface area (Å²) in [6, 6.07) is 0. The highest BCUT2D eigenvalue weighted by atomic mass is 35.5. The summed E-state index contributed by atoms with van der Waals surface area (Å²) in [6.45, 7) is 3.92. The fraction of sp³-hybridized carbons (Fsp3) is 0.500. The molecule has 0 amide bonds. The molecule has 1 N–H and O–H groups in total. The summed E-state index contributed by atoms with van der Waals surface area (Å²) in [6.07, 6.45) is 2.58. The molecule has 13 heavy (non-hydrogen) atoms. The summed E-state index contributed by atoms with van der Waals surface area (Å²) in [5.74, 6) is 0.841. The molecule has 5 heteroatoms. The van der Waals surface area contributed by atoms with Crippen molar-refractivity contribution in [3.8, 4) is 0 Å². The van der Waals surface area contributed by atoms with Gasteiger partial charge in [-0.2, -0.15) is 0 Å². The quantitative estimate of drug-likeness (QED) is 0.735. The van der Waals surface area contributed by atoms with Crippen LogP contribution in [0, 0.1) is 0 Å². The maximum Gasteiger partial charge on any atom is 0.149 e. The highest BCUT2D eigenvalue weighted by molar-refractivity contribution is 6.30. The second-order valence-corrected chi connectivity index (χ2v) is 3.38. The first-order chi connectivity index (χ1) is 6.31. The van der Waals surface area contributed by atoms with Crippen LogP contribution in [0.15, 0.2) is 6.33 Å². The second-order valence-electron chi connectivity index (χ2n) is 3.02. The van der Waals surface area contributed by atoms with Crippen molar-refractivity contribution in [1.29, 1.82) is 0 Å². The Morgan fingerprint density at radius 3 is 3.15 bits per heavy atom. The van der Waals surface area contributed by atoms with E-state index in [-0.39, 0.29) is 0 Å². The smallest absolute Gasteiger partial charge is 0.149 e. The number of nitrogens with one attached hydrogen (secondary N) is 1. The van der Waals surface area contributed by atoms with E-state index >= 15 is 0 Å². The Bertz CT molecular complexity index is 315. The van der Waals surface area contributed by atoms with Gasteiger partial charge in [0, 0.05) is 18.7 Å². The second kappa shape index (κ2) is 3.47. The van der Waals surface area contributed by atoms with Crippen molar-refractivity contribution < 1.29 is 0 Å². The van der Waals surface area contributed by atoms with E-state index in [1.165, 1.54) is 6.33 Å². The first-order valence-corrected chi connectivity index (χ1v) is 4.70. The summed E-state index contributed by atoms with van der Waals surface area (Å²) in [4.78, 5) is 8.04. The number of hydrogen-bond donors (Lipinski definition) is 1. The monoisotopic (exact) mass is 198 g/mol. The third kappa shape index (κ3) is 1.59. The van der Waals surface area contributed by atoms with E-state index in [4.69, 9.17) is 11.6 Å². The Kier molecular flexibility index (Phi) is 2.33. The van der Waals surface area contributed by atoms with Gasteiger partial charge in [-0.15, -0.1) is 0 Å². The number of halogens is 1. The van der Waals surface area contributed by atoms with Crippen LogP contribution in [-0.2, 0) is 6.54 Å². The lowest BCUT2D eigenvalue weighted by Gasteiger charge is -2.13. The molecule has 0 saturated heterocycles. The Labute approximate surface area is 81.9 Å². The number of rotatable bonds is 2. The third-order valence-electron chi connectivity index (χ3n) is 2.00. The maximum absolute atomic E-state index is 5.92. The molecule has 1 aromatic rings. The van der Waals surface area contributed by atoms with Gasteiger partial charge in [-0.05, 0) is 6.42 Å². The lowest BCUT2D eigenvalue weighted by Crippen LogP contribution is -2.24. The van der Waals surface area contributed by atoms with Crippen LogP contribution in [0.25, 0.3) is 0 Å². The fourth-order valence-electron chi connectivity index (χ4n) is 1.41. The number of anilines is 1. The van der Waals surface area contributed by atoms with Crippen molar-refractivity contribution >= 4 is 17.4 Å². The van der Waals surface area contributed by atoms with Crippen molar-refractivity contribution in [2.75, 3.05) is 12.0 Å². The van der Waals surface area contributed by atoms with Crippen molar-refractivity contribution in [1.82, 2.24) is 15.0 Å². The molecule has 2 rings (SSSR count). The molecule has 0 spiro atoms. The van der Waals surface area contributed by atoms with E-state index in [9.17, 15) is 0 Å². The number of hydrogen-bond acceptors (Lipinski definition) is 4. The molecular formula is C8H11ClN4. The van der Waals surface area contributed by atoms with Gasteiger partial charge in [0.25, 0.3) is 0 Å². The van der Waals surface area contributed by atoms with Crippen LogP contribution in [0.1, 0.15) is 18.9 Å². The van der Waals surface area contributed by atoms with Gasteiger partial charge in [-0.3, -0.25) is 0 Å². The third-order valence-corrected chi connectivity index (χ3v) is 2.33. The molecule has 0 bridgehead atoms. The van der Waals surface area contributed by atoms with E-state index in [1.54, 1.807) is 0 Å². The largest absolute Gasteiger partial charge is 0.302 e. The molecule has 0 saturated carbocycles. The number of aromatic nitrogens is 2. The first kappa shape index (κ1) is 8.72. The van der Waals surface area contributed by atoms with Crippen LogP contribution in [0.2, 0.25) is 5.15 Å². The number of fused-ring (bicyclic) bond motifs is 1. The SMILES string of the molecule is CCCN1Cc2c(Cl)ncnc2N1. The minimum Gasteiger partial charge on any atom is -0.302 e. The van der Waals surface area contributed by atoms with Crippen molar-refractivity contribution in [2.45, 2.75) is 19.9 Å². The molecule has 0 fully saturated rings. The Hall–Kier alpha value is -0.870. The van der Waals surface area contributed by atoms with Crippen molar-refractivity contribution in [2.24, 2.45) is 0 Å². The van der Waals surface area contributed by atoms with E-state index in [1.807, 2.05) is 0 Å². The first-order valence-electron chi connectivity index (χ1n) is 4.32. The summed E-state index contributed by atoms with van der Waals surface area (Å²) < 4.78 is 0. The number of nitrogens with zero attached hydrogens (tertiary/aromatic N) is 3. The van der Waals surface area contributed by atoms with Gasteiger partial charge in [0.15, 0.2) is 0 Å². The summed E-state index contributed by atoms with van der Waals surface area (Å²) in [7, 11) is 0. The zero-order valence-electron chi connectivity index (χ0n) is 7.42. The molecule has 0 unspecified atom stereocenters. The predicted octanol–water partition coefficient (Wildman–Crippen LogP) is 1.68. The standard InChI is InChI=1S/C8H11ClN4/c1-2-3-13-4-6-7(9)10-5-11-8(6)12-13/h5H,2-4H2,1H3,(H,10,11,12). The van der Waals surface area contributed by atoms with Crippen LogP contribution in [0.3, 0.4) is 0 Å². The molecule has 1 aromatic heterocycles. The predicted molar refractivity (Wildman–Crippen MR) is 51.4 cm³/mol. The van der Waals surface area contributed by atoms with Gasteiger partial charge in [0.05, 0.1) is 0 Å². The molecule has 0 atom stereocenters. The van der Waals surface area contributed by atoms with E-state index in [0.717, 1.165) is 30.9 Å². The topological polar surface area (TPSA) is 41.1 Å². The van der Waals surface area contributed by atoms with Crippen LogP contribution >= 0.6 is 11.6 Å². The normalized spacial score (nSPS) is 15.5. The zero-order valence-corrected chi connectivity index (χ0v) is 8.17. The van der Waals surface area contributed by atoms with Crippen LogP contribution in [0.5, 0.6) is 0 Å². The molecular weight excluding hydrogens is 188 g/mol. The molecule has 0 radical (unpaired) electrons. The van der Waals surface area contributed by atoms with Crippen molar-refractivity contribution in [3.05, 3.63) is 17.0 Å². The summed E-state index contributed by atoms with van der Waals surface area (Å²) in [5, 5.41) is 2.64. The number of hydrazine groups is 1. The van der Waals surface area contributed by atoms with Crippen LogP contribution in [-0.4, -0.2) is 21.5 Å². The minimum absolute atomic E-state index is 0.552. The highest BCUT2D eigenvalue weighted by Gasteiger charge is 2.21. The average molecular weight is 199 g/mol. The molecule has 2 heterocycles.